The van der Waals surface area contributed by atoms with Crippen molar-refractivity contribution in [3.8, 4) is 5.75 Å². The molecule has 14 nitrogen and oxygen atoms in total. The van der Waals surface area contributed by atoms with Gasteiger partial charge in [-0.2, -0.15) is 0 Å². The monoisotopic (exact) mass is 731 g/mol. The molecule has 2 fully saturated rings. The molecule has 2 aliphatic heterocycles. The minimum Gasteiger partial charge on any atom is -0.410 e. The van der Waals surface area contributed by atoms with Crippen LogP contribution in [-0.4, -0.2) is 92.2 Å². The molecule has 2 saturated heterocycles. The number of fused-ring (bicyclic) bond motifs is 2. The molecule has 0 aromatic heterocycles. The maximum atomic E-state index is 12.6. The Kier molecular flexibility index (Phi) is 13.5. The number of amides is 1. The Morgan fingerprint density at radius 2 is 1.35 bits per heavy atom. The molecule has 0 spiro atoms. The van der Waals surface area contributed by atoms with Crippen LogP contribution < -0.4 is 10.1 Å². The van der Waals surface area contributed by atoms with E-state index in [0.717, 1.165) is 5.56 Å². The quantitative estimate of drug-likeness (QED) is 0.104. The summed E-state index contributed by atoms with van der Waals surface area (Å²) in [5.41, 5.74) is 2.01. The molecule has 17 heteroatoms. The predicted molar refractivity (Wildman–Crippen MR) is 183 cm³/mol. The van der Waals surface area contributed by atoms with Crippen molar-refractivity contribution >= 4 is 44.7 Å². The second kappa shape index (κ2) is 17.2. The zero-order valence-corrected chi connectivity index (χ0v) is 31.3. The van der Waals surface area contributed by atoms with Crippen LogP contribution in [0.2, 0.25) is 18.1 Å². The Labute approximate surface area is 289 Å². The van der Waals surface area contributed by atoms with Crippen LogP contribution in [0.3, 0.4) is 0 Å². The first-order valence-electron chi connectivity index (χ1n) is 16.4. The van der Waals surface area contributed by atoms with Gasteiger partial charge in [-0.15, -0.1) is 0 Å². The molecule has 2 aromatic rings. The zero-order chi connectivity index (χ0) is 35.5. The van der Waals surface area contributed by atoms with Crippen LogP contribution in [0.5, 0.6) is 5.75 Å². The molecule has 2 aromatic carbocycles. The largest absolute Gasteiger partial charge is 0.491 e. The molecule has 49 heavy (non-hydrogen) atoms. The number of benzene rings is 2. The Hall–Kier alpha value is -3.16. The first kappa shape index (κ1) is 38.6. The molecule has 3 N–H and O–H groups in total. The highest BCUT2D eigenvalue weighted by Crippen LogP contribution is 2.39. The third-order valence-electron chi connectivity index (χ3n) is 8.48. The fourth-order valence-corrected chi connectivity index (χ4v) is 17.2. The SMILES string of the molecule is CC1O[Si](O)(CCCN=C=O)O[Si]2(CCCN=C=O)OC1C(C)O[Si](O)(CCCNC(=O)Oc1ccc(C(C)(C)c3ccccc3)cc1)O2. The summed E-state index contributed by atoms with van der Waals surface area (Å²) in [6, 6.07) is 17.7. The molecule has 1 amide bonds. The van der Waals surface area contributed by atoms with Gasteiger partial charge in [-0.25, -0.2) is 24.4 Å². The van der Waals surface area contributed by atoms with Gasteiger partial charge in [0.15, 0.2) is 0 Å². The smallest absolute Gasteiger partial charge is 0.410 e. The number of rotatable bonds is 15. The summed E-state index contributed by atoms with van der Waals surface area (Å²) in [6.45, 7) is 8.09. The average Bonchev–Trinajstić information content (AvgIpc) is 3.24. The van der Waals surface area contributed by atoms with E-state index >= 15 is 0 Å². The summed E-state index contributed by atoms with van der Waals surface area (Å²) < 4.78 is 36.6. The average molecular weight is 732 g/mol. The van der Waals surface area contributed by atoms with E-state index in [1.54, 1.807) is 26.0 Å². The van der Waals surface area contributed by atoms with Crippen LogP contribution in [0.4, 0.5) is 4.79 Å². The molecule has 6 atom stereocenters. The molecule has 0 aliphatic carbocycles. The van der Waals surface area contributed by atoms with E-state index in [0.29, 0.717) is 18.6 Å². The number of carbonyl (C=O) groups excluding carboxylic acids is 3. The number of nitrogens with zero attached hydrogens (tertiary/aromatic N) is 2. The van der Waals surface area contributed by atoms with Crippen molar-refractivity contribution in [2.45, 2.75) is 88.8 Å². The topological polar surface area (TPSA) is 184 Å². The normalized spacial score (nSPS) is 28.2. The van der Waals surface area contributed by atoms with E-state index in [2.05, 4.69) is 41.3 Å². The number of ether oxygens (including phenoxy) is 1. The molecule has 2 bridgehead atoms. The van der Waals surface area contributed by atoms with Crippen LogP contribution in [0, 0.1) is 0 Å². The fraction of sp³-hybridized carbons (Fsp3) is 0.531. The number of hydrogen-bond donors (Lipinski definition) is 3. The van der Waals surface area contributed by atoms with Crippen molar-refractivity contribution in [3.05, 3.63) is 65.7 Å². The van der Waals surface area contributed by atoms with Crippen LogP contribution in [0.1, 0.15) is 58.1 Å². The zero-order valence-electron chi connectivity index (χ0n) is 28.3. The van der Waals surface area contributed by atoms with E-state index in [1.165, 1.54) is 17.7 Å². The van der Waals surface area contributed by atoms with Crippen molar-refractivity contribution in [1.82, 2.24) is 5.32 Å². The molecule has 0 saturated carbocycles. The summed E-state index contributed by atoms with van der Waals surface area (Å²) in [5, 5.41) is 2.70. The maximum Gasteiger partial charge on any atom is 0.491 e. The molecule has 0 radical (unpaired) electrons. The van der Waals surface area contributed by atoms with E-state index in [-0.39, 0.29) is 49.6 Å². The fourth-order valence-electron chi connectivity index (χ4n) is 5.93. The maximum absolute atomic E-state index is 12.6. The van der Waals surface area contributed by atoms with Crippen LogP contribution >= 0.6 is 0 Å². The van der Waals surface area contributed by atoms with Crippen molar-refractivity contribution in [3.63, 3.8) is 0 Å². The van der Waals surface area contributed by atoms with E-state index in [9.17, 15) is 24.0 Å². The van der Waals surface area contributed by atoms with Gasteiger partial charge in [0.25, 0.3) is 0 Å². The number of aliphatic imine (C=N–C) groups is 2. The summed E-state index contributed by atoms with van der Waals surface area (Å²) >= 11 is 0. The molecule has 4 rings (SSSR count). The summed E-state index contributed by atoms with van der Waals surface area (Å²) in [7, 11) is -11.9. The standard InChI is InChI=1S/C32H45N3O11Si3/c1-25-30-26(2)43-48(40,46-49(44-30,22-9-18-34-24-37)45-47(39,42-25)20-8-17-33-23-36)21-10-19-35-31(38)41-29-15-13-28(14-16-29)32(3,4)27-11-6-5-7-12-27/h5-7,11-16,25-26,30,39-40H,8-10,17-22H2,1-4H3,(H,35,38). The minimum absolute atomic E-state index is 0.0465. The third kappa shape index (κ3) is 10.7. The summed E-state index contributed by atoms with van der Waals surface area (Å²) in [5.74, 6) is 0.387. The van der Waals surface area contributed by atoms with Gasteiger partial charge < -0.3 is 41.2 Å². The second-order valence-electron chi connectivity index (χ2n) is 12.6. The van der Waals surface area contributed by atoms with E-state index < -0.39 is 50.8 Å². The lowest BCUT2D eigenvalue weighted by Crippen LogP contribution is -2.61. The predicted octanol–water partition coefficient (Wildman–Crippen LogP) is 4.00. The Balaban J connectivity index is 1.39. The molecular formula is C32H45N3O11Si3. The van der Waals surface area contributed by atoms with Crippen LogP contribution in [-0.2, 0) is 36.5 Å². The number of carbonyl (C=O) groups is 1. The van der Waals surface area contributed by atoms with Crippen LogP contribution in [0.15, 0.2) is 64.6 Å². The van der Waals surface area contributed by atoms with E-state index in [1.807, 2.05) is 30.3 Å². The summed E-state index contributed by atoms with van der Waals surface area (Å²) in [6.07, 6.45) is 1.05. The lowest BCUT2D eigenvalue weighted by molar-refractivity contribution is -0.0214. The molecule has 266 valence electrons. The Morgan fingerprint density at radius 1 is 0.816 bits per heavy atom. The van der Waals surface area contributed by atoms with Crippen molar-refractivity contribution in [2.24, 2.45) is 9.98 Å². The van der Waals surface area contributed by atoms with Gasteiger partial charge in [0.1, 0.15) is 5.75 Å². The third-order valence-corrected chi connectivity index (χ3v) is 18.6. The second-order valence-corrected chi connectivity index (χ2v) is 20.7. The van der Waals surface area contributed by atoms with Crippen molar-refractivity contribution in [2.75, 3.05) is 19.6 Å². The van der Waals surface area contributed by atoms with Gasteiger partial charge in [-0.05, 0) is 56.4 Å². The lowest BCUT2D eigenvalue weighted by Gasteiger charge is -2.36. The van der Waals surface area contributed by atoms with Gasteiger partial charge in [0.05, 0.1) is 31.4 Å². The van der Waals surface area contributed by atoms with Gasteiger partial charge in [-0.1, -0.05) is 56.3 Å². The minimum atomic E-state index is -4.04. The Morgan fingerprint density at radius 3 is 1.92 bits per heavy atom. The number of nitrogens with one attached hydrogen (secondary N) is 1. The molecular weight excluding hydrogens is 687 g/mol. The highest BCUT2D eigenvalue weighted by Gasteiger charge is 2.64. The van der Waals surface area contributed by atoms with Crippen LogP contribution in [0.25, 0.3) is 0 Å². The first-order valence-corrected chi connectivity index (χ1v) is 22.3. The van der Waals surface area contributed by atoms with Crippen molar-refractivity contribution < 1.29 is 50.2 Å². The molecule has 2 heterocycles. The number of isocyanates is 2. The number of hydrogen-bond acceptors (Lipinski definition) is 13. The van der Waals surface area contributed by atoms with Gasteiger partial charge in [0.2, 0.25) is 12.2 Å². The summed E-state index contributed by atoms with van der Waals surface area (Å²) in [4.78, 5) is 64.3. The highest BCUT2D eigenvalue weighted by molar-refractivity contribution is 6.80. The van der Waals surface area contributed by atoms with Crippen molar-refractivity contribution in [1.29, 1.82) is 0 Å². The first-order chi connectivity index (χ1) is 23.3. The van der Waals surface area contributed by atoms with Gasteiger partial charge in [-0.3, -0.25) is 0 Å². The van der Waals surface area contributed by atoms with E-state index in [4.69, 9.17) is 26.2 Å². The molecule has 2 aliphatic rings. The van der Waals surface area contributed by atoms with Gasteiger partial charge in [0, 0.05) is 30.1 Å². The lowest BCUT2D eigenvalue weighted by atomic mass is 9.78. The van der Waals surface area contributed by atoms with Gasteiger partial charge >= 0.3 is 32.5 Å². The Bertz CT molecular complexity index is 1490. The molecule has 6 unspecified atom stereocenters. The highest BCUT2D eigenvalue weighted by atomic mass is 28.5.